The number of aryl methyl sites for hydroxylation is 3. The van der Waals surface area contributed by atoms with E-state index >= 15 is 0 Å². The maximum atomic E-state index is 4.52. The third-order valence-electron chi connectivity index (χ3n) is 2.89. The van der Waals surface area contributed by atoms with Crippen molar-refractivity contribution in [2.75, 3.05) is 5.32 Å². The van der Waals surface area contributed by atoms with E-state index in [9.17, 15) is 0 Å². The van der Waals surface area contributed by atoms with Crippen LogP contribution in [0.2, 0.25) is 0 Å². The molecule has 3 heteroatoms. The number of nitrogens with zero attached hydrogens (tertiary/aromatic N) is 2. The van der Waals surface area contributed by atoms with Crippen LogP contribution in [0.25, 0.3) is 0 Å². The number of hydrogen-bond acceptors (Lipinski definition) is 2. The molecule has 0 saturated heterocycles. The van der Waals surface area contributed by atoms with Gasteiger partial charge in [-0.05, 0) is 25.8 Å². The summed E-state index contributed by atoms with van der Waals surface area (Å²) >= 11 is 0. The van der Waals surface area contributed by atoms with Crippen molar-refractivity contribution in [1.29, 1.82) is 0 Å². The van der Waals surface area contributed by atoms with Gasteiger partial charge in [0.25, 0.3) is 0 Å². The van der Waals surface area contributed by atoms with Crippen molar-refractivity contribution in [2.24, 2.45) is 0 Å². The highest BCUT2D eigenvalue weighted by Crippen LogP contribution is 2.11. The molecule has 1 aromatic carbocycles. The third kappa shape index (κ3) is 3.13. The molecule has 0 aliphatic rings. The Bertz CT molecular complexity index is 514. The molecule has 96 valence electrons. The average molecular weight is 243 g/mol. The first-order valence-electron chi connectivity index (χ1n) is 6.52. The molecule has 3 nitrogen and oxygen atoms in total. The Morgan fingerprint density at radius 1 is 1.28 bits per heavy atom. The smallest absolute Gasteiger partial charge is 0.203 e. The third-order valence-corrected chi connectivity index (χ3v) is 2.89. The molecule has 2 rings (SSSR count). The van der Waals surface area contributed by atoms with E-state index in [0.29, 0.717) is 0 Å². The summed E-state index contributed by atoms with van der Waals surface area (Å²) in [5.74, 6) is 0.968. The number of rotatable bonds is 5. The van der Waals surface area contributed by atoms with Gasteiger partial charge in [0.15, 0.2) is 0 Å². The molecule has 1 N–H and O–H groups in total. The van der Waals surface area contributed by atoms with Crippen LogP contribution >= 0.6 is 0 Å². The van der Waals surface area contributed by atoms with Crippen molar-refractivity contribution in [3.05, 3.63) is 47.3 Å². The van der Waals surface area contributed by atoms with E-state index < -0.39 is 0 Å². The summed E-state index contributed by atoms with van der Waals surface area (Å²) in [6.07, 6.45) is 3.22. The zero-order chi connectivity index (χ0) is 13.0. The van der Waals surface area contributed by atoms with E-state index in [1.54, 1.807) is 0 Å². The topological polar surface area (TPSA) is 29.9 Å². The van der Waals surface area contributed by atoms with Crippen LogP contribution in [0, 0.1) is 13.8 Å². The second kappa shape index (κ2) is 5.71. The van der Waals surface area contributed by atoms with E-state index in [1.165, 1.54) is 11.1 Å². The predicted molar refractivity (Wildman–Crippen MR) is 75.8 cm³/mol. The van der Waals surface area contributed by atoms with Crippen molar-refractivity contribution in [3.8, 4) is 0 Å². The minimum Gasteiger partial charge on any atom is -0.352 e. The van der Waals surface area contributed by atoms with Gasteiger partial charge in [-0.15, -0.1) is 0 Å². The maximum absolute atomic E-state index is 4.52. The quantitative estimate of drug-likeness (QED) is 0.870. The van der Waals surface area contributed by atoms with Crippen LogP contribution in [-0.2, 0) is 13.1 Å². The van der Waals surface area contributed by atoms with Crippen molar-refractivity contribution < 1.29 is 0 Å². The summed E-state index contributed by atoms with van der Waals surface area (Å²) in [4.78, 5) is 4.52. The lowest BCUT2D eigenvalue weighted by Gasteiger charge is -2.09. The molecule has 0 bridgehead atoms. The molecule has 0 unspecified atom stereocenters. The Hall–Kier alpha value is -1.77. The van der Waals surface area contributed by atoms with Crippen LogP contribution in [-0.4, -0.2) is 9.55 Å². The first kappa shape index (κ1) is 12.7. The molecule has 0 spiro atoms. The largest absolute Gasteiger partial charge is 0.352 e. The van der Waals surface area contributed by atoms with Gasteiger partial charge in [-0.1, -0.05) is 36.8 Å². The van der Waals surface area contributed by atoms with Gasteiger partial charge in [-0.3, -0.25) is 0 Å². The summed E-state index contributed by atoms with van der Waals surface area (Å²) in [6, 6.07) is 8.55. The normalized spacial score (nSPS) is 10.6. The molecule has 0 fully saturated rings. The monoisotopic (exact) mass is 243 g/mol. The Morgan fingerprint density at radius 3 is 2.83 bits per heavy atom. The Balaban J connectivity index is 2.05. The summed E-state index contributed by atoms with van der Waals surface area (Å²) in [5.41, 5.74) is 3.65. The van der Waals surface area contributed by atoms with E-state index in [1.807, 2.05) is 6.92 Å². The first-order valence-corrected chi connectivity index (χ1v) is 6.52. The van der Waals surface area contributed by atoms with Crippen LogP contribution in [0.1, 0.15) is 30.2 Å². The van der Waals surface area contributed by atoms with Gasteiger partial charge in [-0.2, -0.15) is 0 Å². The number of hydrogen-bond donors (Lipinski definition) is 1. The highest BCUT2D eigenvalue weighted by Gasteiger charge is 2.04. The fourth-order valence-corrected chi connectivity index (χ4v) is 2.10. The van der Waals surface area contributed by atoms with Crippen LogP contribution in [0.5, 0.6) is 0 Å². The summed E-state index contributed by atoms with van der Waals surface area (Å²) < 4.78 is 2.19. The van der Waals surface area contributed by atoms with Gasteiger partial charge in [0.05, 0.1) is 5.69 Å². The zero-order valence-electron chi connectivity index (χ0n) is 11.4. The summed E-state index contributed by atoms with van der Waals surface area (Å²) in [7, 11) is 0. The van der Waals surface area contributed by atoms with Gasteiger partial charge < -0.3 is 9.88 Å². The second-order valence-electron chi connectivity index (χ2n) is 4.74. The van der Waals surface area contributed by atoms with Crippen LogP contribution < -0.4 is 5.32 Å². The Labute approximate surface area is 109 Å². The lowest BCUT2D eigenvalue weighted by atomic mass is 10.1. The molecule has 0 saturated carbocycles. The number of imidazole rings is 1. The molecule has 0 aliphatic heterocycles. The van der Waals surface area contributed by atoms with Gasteiger partial charge in [-0.25, -0.2) is 4.98 Å². The molecule has 2 aromatic rings. The molecule has 0 amide bonds. The average Bonchev–Trinajstić information content (AvgIpc) is 2.68. The summed E-state index contributed by atoms with van der Waals surface area (Å²) in [5, 5.41) is 3.41. The maximum Gasteiger partial charge on any atom is 0.203 e. The fraction of sp³-hybridized carbons (Fsp3) is 0.400. The molecule has 0 aliphatic carbocycles. The standard InChI is InChI=1S/C15H21N3/c1-4-8-18-11-13(3)17-15(18)16-10-14-7-5-6-12(2)9-14/h5-7,9,11H,4,8,10H2,1-3H3,(H,16,17). The highest BCUT2D eigenvalue weighted by atomic mass is 15.2. The summed E-state index contributed by atoms with van der Waals surface area (Å²) in [6.45, 7) is 8.16. The van der Waals surface area contributed by atoms with Crippen molar-refractivity contribution in [2.45, 2.75) is 40.3 Å². The van der Waals surface area contributed by atoms with Crippen molar-refractivity contribution in [1.82, 2.24) is 9.55 Å². The zero-order valence-corrected chi connectivity index (χ0v) is 11.4. The van der Waals surface area contributed by atoms with Gasteiger partial charge in [0.1, 0.15) is 0 Å². The molecule has 18 heavy (non-hydrogen) atoms. The fourth-order valence-electron chi connectivity index (χ4n) is 2.10. The lowest BCUT2D eigenvalue weighted by Crippen LogP contribution is -2.07. The van der Waals surface area contributed by atoms with Crippen LogP contribution in [0.4, 0.5) is 5.95 Å². The van der Waals surface area contributed by atoms with Gasteiger partial charge in [0.2, 0.25) is 5.95 Å². The lowest BCUT2D eigenvalue weighted by molar-refractivity contribution is 0.681. The van der Waals surface area contributed by atoms with E-state index in [-0.39, 0.29) is 0 Å². The first-order chi connectivity index (χ1) is 8.69. The SMILES string of the molecule is CCCn1cc(C)nc1NCc1cccc(C)c1. The van der Waals surface area contributed by atoms with E-state index in [0.717, 1.165) is 31.2 Å². The number of benzene rings is 1. The van der Waals surface area contributed by atoms with E-state index in [2.05, 4.69) is 59.2 Å². The Kier molecular flexibility index (Phi) is 4.03. The molecule has 0 atom stereocenters. The van der Waals surface area contributed by atoms with Crippen LogP contribution in [0.3, 0.4) is 0 Å². The molecular formula is C15H21N3. The molecule has 0 radical (unpaired) electrons. The number of aromatic nitrogens is 2. The van der Waals surface area contributed by atoms with Crippen LogP contribution in [0.15, 0.2) is 30.5 Å². The number of nitrogens with one attached hydrogen (secondary N) is 1. The predicted octanol–water partition coefficient (Wildman–Crippen LogP) is 3.52. The van der Waals surface area contributed by atoms with Crippen molar-refractivity contribution >= 4 is 5.95 Å². The minimum atomic E-state index is 0.821. The molecule has 1 heterocycles. The van der Waals surface area contributed by atoms with Crippen molar-refractivity contribution in [3.63, 3.8) is 0 Å². The van der Waals surface area contributed by atoms with E-state index in [4.69, 9.17) is 0 Å². The van der Waals surface area contributed by atoms with Gasteiger partial charge >= 0.3 is 0 Å². The molecule has 1 aromatic heterocycles. The number of anilines is 1. The molecular weight excluding hydrogens is 222 g/mol. The van der Waals surface area contributed by atoms with Gasteiger partial charge in [0, 0.05) is 19.3 Å². The minimum absolute atomic E-state index is 0.821. The Morgan fingerprint density at radius 2 is 2.11 bits per heavy atom. The second-order valence-corrected chi connectivity index (χ2v) is 4.74. The highest BCUT2D eigenvalue weighted by molar-refractivity contribution is 5.32.